The molecule has 0 aliphatic heterocycles. The largest absolute Gasteiger partial charge is 0.435 e. The van der Waals surface area contributed by atoms with Gasteiger partial charge in [0.1, 0.15) is 5.75 Å². The number of amides is 1. The zero-order valence-electron chi connectivity index (χ0n) is 11.7. The predicted molar refractivity (Wildman–Crippen MR) is 77.5 cm³/mol. The first kappa shape index (κ1) is 15.6. The molecule has 0 fully saturated rings. The number of carbonyl (C=O) groups excluding carboxylic acids is 2. The van der Waals surface area contributed by atoms with Crippen molar-refractivity contribution < 1.29 is 23.1 Å². The minimum absolute atomic E-state index is 0.0318. The molecular formula is C16H13F2NO3. The summed E-state index contributed by atoms with van der Waals surface area (Å²) in [4.78, 5) is 23.6. The summed E-state index contributed by atoms with van der Waals surface area (Å²) in [6, 6.07) is 11.9. The van der Waals surface area contributed by atoms with E-state index >= 15 is 0 Å². The van der Waals surface area contributed by atoms with Crippen LogP contribution < -0.4 is 10.1 Å². The fraction of sp³-hybridized carbons (Fsp3) is 0.125. The first-order chi connectivity index (χ1) is 10.5. The molecule has 0 heterocycles. The highest BCUT2D eigenvalue weighted by Crippen LogP contribution is 2.19. The number of hydrogen-bond acceptors (Lipinski definition) is 3. The summed E-state index contributed by atoms with van der Waals surface area (Å²) in [7, 11) is 0. The van der Waals surface area contributed by atoms with Crippen LogP contribution in [-0.2, 0) is 0 Å². The average Bonchev–Trinajstić information content (AvgIpc) is 2.47. The maximum absolute atomic E-state index is 12.1. The molecule has 0 saturated heterocycles. The van der Waals surface area contributed by atoms with Crippen LogP contribution in [0.15, 0.2) is 48.5 Å². The topological polar surface area (TPSA) is 55.4 Å². The molecule has 1 N–H and O–H groups in total. The number of halogens is 2. The van der Waals surface area contributed by atoms with E-state index in [0.29, 0.717) is 11.3 Å². The zero-order chi connectivity index (χ0) is 16.1. The fourth-order valence-corrected chi connectivity index (χ4v) is 1.88. The van der Waals surface area contributed by atoms with Gasteiger partial charge in [-0.05, 0) is 43.3 Å². The number of alkyl halides is 2. The summed E-state index contributed by atoms with van der Waals surface area (Å²) < 4.78 is 28.3. The maximum Gasteiger partial charge on any atom is 0.387 e. The van der Waals surface area contributed by atoms with Crippen molar-refractivity contribution in [3.05, 3.63) is 59.7 Å². The molecule has 0 bridgehead atoms. The van der Waals surface area contributed by atoms with Crippen molar-refractivity contribution in [2.24, 2.45) is 0 Å². The lowest BCUT2D eigenvalue weighted by Gasteiger charge is -2.09. The van der Waals surface area contributed by atoms with E-state index in [1.807, 2.05) is 0 Å². The monoisotopic (exact) mass is 305 g/mol. The van der Waals surface area contributed by atoms with Crippen LogP contribution in [0.3, 0.4) is 0 Å². The number of carbonyl (C=O) groups is 2. The minimum atomic E-state index is -2.91. The number of anilines is 1. The third kappa shape index (κ3) is 3.88. The Bertz CT molecular complexity index is 684. The zero-order valence-corrected chi connectivity index (χ0v) is 11.7. The number of ether oxygens (including phenoxy) is 1. The van der Waals surface area contributed by atoms with Gasteiger partial charge in [-0.15, -0.1) is 0 Å². The van der Waals surface area contributed by atoms with Gasteiger partial charge in [-0.1, -0.05) is 12.1 Å². The summed E-state index contributed by atoms with van der Waals surface area (Å²) in [6.07, 6.45) is 0. The molecule has 22 heavy (non-hydrogen) atoms. The Balaban J connectivity index is 2.14. The molecule has 0 radical (unpaired) electrons. The lowest BCUT2D eigenvalue weighted by atomic mass is 10.1. The van der Waals surface area contributed by atoms with Gasteiger partial charge in [0.05, 0.1) is 5.69 Å². The van der Waals surface area contributed by atoms with Crippen molar-refractivity contribution in [1.29, 1.82) is 0 Å². The average molecular weight is 305 g/mol. The van der Waals surface area contributed by atoms with Gasteiger partial charge < -0.3 is 10.1 Å². The second-order valence-corrected chi connectivity index (χ2v) is 4.46. The molecule has 2 rings (SSSR count). The van der Waals surface area contributed by atoms with E-state index in [1.165, 1.54) is 31.2 Å². The van der Waals surface area contributed by atoms with E-state index in [2.05, 4.69) is 10.1 Å². The molecule has 0 aromatic heterocycles. The normalized spacial score (nSPS) is 10.4. The van der Waals surface area contributed by atoms with E-state index in [4.69, 9.17) is 0 Å². The molecular weight excluding hydrogens is 292 g/mol. The molecule has 0 saturated carbocycles. The summed E-state index contributed by atoms with van der Waals surface area (Å²) in [5.74, 6) is -0.649. The highest BCUT2D eigenvalue weighted by Gasteiger charge is 2.12. The first-order valence-corrected chi connectivity index (χ1v) is 6.43. The van der Waals surface area contributed by atoms with Gasteiger partial charge in [0.25, 0.3) is 5.91 Å². The van der Waals surface area contributed by atoms with Crippen molar-refractivity contribution in [2.75, 3.05) is 5.32 Å². The van der Waals surface area contributed by atoms with Gasteiger partial charge >= 0.3 is 6.61 Å². The SMILES string of the molecule is CC(=O)c1ccccc1NC(=O)c1ccc(OC(F)F)cc1. The number of benzene rings is 2. The molecule has 0 spiro atoms. The standard InChI is InChI=1S/C16H13F2NO3/c1-10(20)13-4-2-3-5-14(13)19-15(21)11-6-8-12(9-7-11)22-16(17)18/h2-9,16H,1H3,(H,19,21). The Morgan fingerprint density at radius 3 is 2.27 bits per heavy atom. The van der Waals surface area contributed by atoms with Crippen LogP contribution in [0.5, 0.6) is 5.75 Å². The summed E-state index contributed by atoms with van der Waals surface area (Å²) >= 11 is 0. The molecule has 0 atom stereocenters. The smallest absolute Gasteiger partial charge is 0.387 e. The molecule has 2 aromatic rings. The molecule has 0 aliphatic carbocycles. The van der Waals surface area contributed by atoms with Crippen LogP contribution in [0.25, 0.3) is 0 Å². The second-order valence-electron chi connectivity index (χ2n) is 4.46. The van der Waals surface area contributed by atoms with Gasteiger partial charge in [0.15, 0.2) is 5.78 Å². The highest BCUT2D eigenvalue weighted by molar-refractivity contribution is 6.09. The quantitative estimate of drug-likeness (QED) is 0.856. The van der Waals surface area contributed by atoms with Gasteiger partial charge in [0.2, 0.25) is 0 Å². The van der Waals surface area contributed by atoms with Crippen LogP contribution in [0.2, 0.25) is 0 Å². The number of rotatable bonds is 5. The van der Waals surface area contributed by atoms with E-state index < -0.39 is 12.5 Å². The molecule has 4 nitrogen and oxygen atoms in total. The molecule has 0 unspecified atom stereocenters. The summed E-state index contributed by atoms with van der Waals surface area (Å²) in [6.45, 7) is -1.51. The highest BCUT2D eigenvalue weighted by atomic mass is 19.3. The number of para-hydroxylation sites is 1. The summed E-state index contributed by atoms with van der Waals surface area (Å²) in [5, 5.41) is 2.62. The number of Topliss-reactive ketones (excluding diaryl/α,β-unsaturated/α-hetero) is 1. The van der Waals surface area contributed by atoms with E-state index in [9.17, 15) is 18.4 Å². The fourth-order valence-electron chi connectivity index (χ4n) is 1.88. The number of hydrogen-bond donors (Lipinski definition) is 1. The first-order valence-electron chi connectivity index (χ1n) is 6.43. The summed E-state index contributed by atoms with van der Waals surface area (Å²) in [5.41, 5.74) is 1.06. The van der Waals surface area contributed by atoms with Crippen LogP contribution in [0, 0.1) is 0 Å². The predicted octanol–water partition coefficient (Wildman–Crippen LogP) is 3.74. The molecule has 0 aliphatic rings. The number of ketones is 1. The van der Waals surface area contributed by atoms with Crippen LogP contribution in [0.1, 0.15) is 27.6 Å². The van der Waals surface area contributed by atoms with Crippen LogP contribution >= 0.6 is 0 Å². The van der Waals surface area contributed by atoms with Crippen LogP contribution in [-0.4, -0.2) is 18.3 Å². The van der Waals surface area contributed by atoms with Crippen molar-refractivity contribution in [3.63, 3.8) is 0 Å². The van der Waals surface area contributed by atoms with Crippen LogP contribution in [0.4, 0.5) is 14.5 Å². The molecule has 114 valence electrons. The van der Waals surface area contributed by atoms with E-state index in [-0.39, 0.29) is 17.1 Å². The molecule has 2 aromatic carbocycles. The maximum atomic E-state index is 12.1. The number of nitrogens with one attached hydrogen (secondary N) is 1. The van der Waals surface area contributed by atoms with Gasteiger partial charge in [-0.3, -0.25) is 9.59 Å². The second kappa shape index (κ2) is 6.80. The van der Waals surface area contributed by atoms with E-state index in [1.54, 1.807) is 24.3 Å². The van der Waals surface area contributed by atoms with Crippen molar-refractivity contribution in [2.45, 2.75) is 13.5 Å². The Morgan fingerprint density at radius 1 is 1.05 bits per heavy atom. The lowest BCUT2D eigenvalue weighted by Crippen LogP contribution is -2.14. The molecule has 6 heteroatoms. The van der Waals surface area contributed by atoms with Crippen molar-refractivity contribution >= 4 is 17.4 Å². The Morgan fingerprint density at radius 2 is 1.68 bits per heavy atom. The lowest BCUT2D eigenvalue weighted by molar-refractivity contribution is -0.0498. The Labute approximate surface area is 125 Å². The van der Waals surface area contributed by atoms with Gasteiger partial charge in [-0.2, -0.15) is 8.78 Å². The third-order valence-corrected chi connectivity index (χ3v) is 2.90. The van der Waals surface area contributed by atoms with E-state index in [0.717, 1.165) is 0 Å². The van der Waals surface area contributed by atoms with Crippen molar-refractivity contribution in [1.82, 2.24) is 0 Å². The minimum Gasteiger partial charge on any atom is -0.435 e. The van der Waals surface area contributed by atoms with Crippen molar-refractivity contribution in [3.8, 4) is 5.75 Å². The Hall–Kier alpha value is -2.76. The van der Waals surface area contributed by atoms with Gasteiger partial charge in [0, 0.05) is 11.1 Å². The Kier molecular flexibility index (Phi) is 4.83. The van der Waals surface area contributed by atoms with Gasteiger partial charge in [-0.25, -0.2) is 0 Å². The third-order valence-electron chi connectivity index (χ3n) is 2.90. The molecule has 1 amide bonds.